The lowest BCUT2D eigenvalue weighted by molar-refractivity contribution is -0.145. The van der Waals surface area contributed by atoms with E-state index in [9.17, 15) is 4.79 Å². The van der Waals surface area contributed by atoms with E-state index in [-0.39, 0.29) is 5.92 Å². The van der Waals surface area contributed by atoms with Crippen molar-refractivity contribution in [1.82, 2.24) is 4.90 Å². The highest BCUT2D eigenvalue weighted by Gasteiger charge is 2.35. The molecule has 0 radical (unpaired) electrons. The van der Waals surface area contributed by atoms with Crippen LogP contribution in [0.3, 0.4) is 0 Å². The summed E-state index contributed by atoms with van der Waals surface area (Å²) in [5.74, 6) is 2.63. The Morgan fingerprint density at radius 3 is 2.30 bits per heavy atom. The van der Waals surface area contributed by atoms with Gasteiger partial charge in [-0.2, -0.15) is 0 Å². The first kappa shape index (κ1) is 16.1. The van der Waals surface area contributed by atoms with E-state index in [1.807, 2.05) is 23.1 Å². The van der Waals surface area contributed by atoms with Crippen molar-refractivity contribution in [3.05, 3.63) is 23.8 Å². The second-order valence-electron chi connectivity index (χ2n) is 6.42. The minimum absolute atomic E-state index is 0.168. The molecule has 3 rings (SSSR count). The van der Waals surface area contributed by atoms with Gasteiger partial charge in [-0.15, -0.1) is 0 Å². The van der Waals surface area contributed by atoms with Crippen molar-refractivity contribution in [3.8, 4) is 11.5 Å². The predicted octanol–water partition coefficient (Wildman–Crippen LogP) is 2.13. The van der Waals surface area contributed by atoms with Crippen molar-refractivity contribution in [2.24, 2.45) is 11.8 Å². The summed E-state index contributed by atoms with van der Waals surface area (Å²) >= 11 is 0. The Morgan fingerprint density at radius 1 is 1.13 bits per heavy atom. The number of methoxy groups -OCH3 is 2. The smallest absolute Gasteiger partial charge is 0.225 e. The molecule has 2 heterocycles. The summed E-state index contributed by atoms with van der Waals surface area (Å²) in [6.45, 7) is 3.15. The number of nitrogens with zero attached hydrogens (tertiary/aromatic N) is 1. The summed E-state index contributed by atoms with van der Waals surface area (Å²) in [6.07, 6.45) is 2.69. The molecular weight excluding hydrogens is 294 g/mol. The molecular formula is C18H25NO4. The van der Waals surface area contributed by atoms with Gasteiger partial charge in [0.1, 0.15) is 11.5 Å². The molecule has 0 aliphatic carbocycles. The van der Waals surface area contributed by atoms with Crippen molar-refractivity contribution in [3.63, 3.8) is 0 Å². The number of rotatable bonds is 5. The second kappa shape index (κ2) is 7.21. The molecule has 5 heteroatoms. The Balaban J connectivity index is 1.52. The van der Waals surface area contributed by atoms with Gasteiger partial charge in [-0.05, 0) is 42.9 Å². The maximum absolute atomic E-state index is 12.4. The molecule has 0 atom stereocenters. The topological polar surface area (TPSA) is 48.0 Å². The largest absolute Gasteiger partial charge is 0.497 e. The summed E-state index contributed by atoms with van der Waals surface area (Å²) in [5.41, 5.74) is 1.20. The summed E-state index contributed by atoms with van der Waals surface area (Å²) in [6, 6.07) is 5.97. The monoisotopic (exact) mass is 319 g/mol. The van der Waals surface area contributed by atoms with Crippen LogP contribution in [-0.2, 0) is 16.0 Å². The van der Waals surface area contributed by atoms with E-state index >= 15 is 0 Å². The number of carbonyl (C=O) groups is 1. The Morgan fingerprint density at radius 2 is 1.74 bits per heavy atom. The number of ether oxygens (including phenoxy) is 3. The zero-order chi connectivity index (χ0) is 16.2. The van der Waals surface area contributed by atoms with Crippen LogP contribution in [0.2, 0.25) is 0 Å². The highest BCUT2D eigenvalue weighted by Crippen LogP contribution is 2.29. The first-order chi connectivity index (χ1) is 11.2. The summed E-state index contributed by atoms with van der Waals surface area (Å²) < 4.78 is 16.0. The normalized spacial score (nSPS) is 19.3. The molecule has 0 aromatic heterocycles. The van der Waals surface area contributed by atoms with Gasteiger partial charge in [-0.3, -0.25) is 4.79 Å². The maximum Gasteiger partial charge on any atom is 0.225 e. The fourth-order valence-electron chi connectivity index (χ4n) is 3.40. The minimum Gasteiger partial charge on any atom is -0.497 e. The molecule has 0 N–H and O–H groups in total. The number of hydrogen-bond donors (Lipinski definition) is 0. The van der Waals surface area contributed by atoms with Crippen molar-refractivity contribution in [1.29, 1.82) is 0 Å². The number of likely N-dealkylation sites (tertiary alicyclic amines) is 1. The van der Waals surface area contributed by atoms with Crippen LogP contribution in [-0.4, -0.2) is 51.3 Å². The average Bonchev–Trinajstić information content (AvgIpc) is 2.57. The number of amides is 1. The molecule has 2 aliphatic rings. The Bertz CT molecular complexity index is 526. The van der Waals surface area contributed by atoms with Crippen LogP contribution >= 0.6 is 0 Å². The van der Waals surface area contributed by atoms with E-state index in [1.165, 1.54) is 5.56 Å². The lowest BCUT2D eigenvalue weighted by atomic mass is 9.89. The quantitative estimate of drug-likeness (QED) is 0.834. The van der Waals surface area contributed by atoms with Crippen LogP contribution in [0, 0.1) is 11.8 Å². The standard InChI is InChI=1S/C18H25NO4/c1-21-16-8-13(9-17(10-16)22-2)7-14-11-19(12-14)18(20)15-3-5-23-6-4-15/h8-10,14-15H,3-7,11-12H2,1-2H3. The Hall–Kier alpha value is -1.75. The fourth-order valence-corrected chi connectivity index (χ4v) is 3.40. The molecule has 2 saturated heterocycles. The average molecular weight is 319 g/mol. The Kier molecular flexibility index (Phi) is 5.06. The van der Waals surface area contributed by atoms with Gasteiger partial charge in [-0.1, -0.05) is 0 Å². The first-order valence-electron chi connectivity index (χ1n) is 8.28. The van der Waals surface area contributed by atoms with Gasteiger partial charge in [0.2, 0.25) is 5.91 Å². The van der Waals surface area contributed by atoms with E-state index < -0.39 is 0 Å². The molecule has 2 aliphatic heterocycles. The van der Waals surface area contributed by atoms with Gasteiger partial charge in [0.15, 0.2) is 0 Å². The zero-order valence-corrected chi connectivity index (χ0v) is 13.9. The van der Waals surface area contributed by atoms with E-state index in [0.29, 0.717) is 11.8 Å². The minimum atomic E-state index is 0.168. The molecule has 126 valence electrons. The summed E-state index contributed by atoms with van der Waals surface area (Å²) in [4.78, 5) is 14.4. The van der Waals surface area contributed by atoms with Gasteiger partial charge in [0.05, 0.1) is 14.2 Å². The van der Waals surface area contributed by atoms with E-state index in [2.05, 4.69) is 0 Å². The molecule has 1 aromatic rings. The predicted molar refractivity (Wildman–Crippen MR) is 86.9 cm³/mol. The number of benzene rings is 1. The molecule has 0 unspecified atom stereocenters. The molecule has 0 spiro atoms. The molecule has 23 heavy (non-hydrogen) atoms. The third kappa shape index (κ3) is 3.78. The number of hydrogen-bond acceptors (Lipinski definition) is 4. The van der Waals surface area contributed by atoms with Gasteiger partial charge in [-0.25, -0.2) is 0 Å². The van der Waals surface area contributed by atoms with E-state index in [0.717, 1.165) is 57.1 Å². The van der Waals surface area contributed by atoms with E-state index in [4.69, 9.17) is 14.2 Å². The molecule has 1 aromatic carbocycles. The zero-order valence-electron chi connectivity index (χ0n) is 13.9. The van der Waals surface area contributed by atoms with Crippen molar-refractivity contribution < 1.29 is 19.0 Å². The van der Waals surface area contributed by atoms with Crippen LogP contribution < -0.4 is 9.47 Å². The van der Waals surface area contributed by atoms with Crippen LogP contribution in [0.5, 0.6) is 11.5 Å². The third-order valence-electron chi connectivity index (χ3n) is 4.77. The van der Waals surface area contributed by atoms with Gasteiger partial charge in [0.25, 0.3) is 0 Å². The highest BCUT2D eigenvalue weighted by molar-refractivity contribution is 5.79. The van der Waals surface area contributed by atoms with Crippen molar-refractivity contribution >= 4 is 5.91 Å². The second-order valence-corrected chi connectivity index (χ2v) is 6.42. The van der Waals surface area contributed by atoms with Crippen molar-refractivity contribution in [2.45, 2.75) is 19.3 Å². The summed E-state index contributed by atoms with van der Waals surface area (Å²) in [7, 11) is 3.33. The lowest BCUT2D eigenvalue weighted by Crippen LogP contribution is -2.53. The van der Waals surface area contributed by atoms with Gasteiger partial charge >= 0.3 is 0 Å². The van der Waals surface area contributed by atoms with Crippen LogP contribution in [0.4, 0.5) is 0 Å². The first-order valence-corrected chi connectivity index (χ1v) is 8.28. The maximum atomic E-state index is 12.4. The van der Waals surface area contributed by atoms with Gasteiger partial charge in [0, 0.05) is 38.3 Å². The summed E-state index contributed by atoms with van der Waals surface area (Å²) in [5, 5.41) is 0. The van der Waals surface area contributed by atoms with Crippen LogP contribution in [0.25, 0.3) is 0 Å². The molecule has 5 nitrogen and oxygen atoms in total. The third-order valence-corrected chi connectivity index (χ3v) is 4.77. The lowest BCUT2D eigenvalue weighted by Gasteiger charge is -2.42. The Labute approximate surface area is 137 Å². The van der Waals surface area contributed by atoms with Crippen LogP contribution in [0.1, 0.15) is 18.4 Å². The molecule has 2 fully saturated rings. The van der Waals surface area contributed by atoms with E-state index in [1.54, 1.807) is 14.2 Å². The van der Waals surface area contributed by atoms with Gasteiger partial charge < -0.3 is 19.1 Å². The number of carbonyl (C=O) groups excluding carboxylic acids is 1. The fraction of sp³-hybridized carbons (Fsp3) is 0.611. The molecule has 0 saturated carbocycles. The van der Waals surface area contributed by atoms with Crippen LogP contribution in [0.15, 0.2) is 18.2 Å². The SMILES string of the molecule is COc1cc(CC2CN(C(=O)C3CCOCC3)C2)cc(OC)c1. The molecule has 0 bridgehead atoms. The molecule has 1 amide bonds. The van der Waals surface area contributed by atoms with Crippen molar-refractivity contribution in [2.75, 3.05) is 40.5 Å². The highest BCUT2D eigenvalue weighted by atomic mass is 16.5.